The molecule has 2 aromatic rings. The Labute approximate surface area is 173 Å². The lowest BCUT2D eigenvalue weighted by molar-refractivity contribution is -0.143. The molecule has 31 heavy (non-hydrogen) atoms. The van der Waals surface area contributed by atoms with E-state index in [1.165, 1.54) is 31.2 Å². The zero-order valence-corrected chi connectivity index (χ0v) is 16.2. The van der Waals surface area contributed by atoms with Gasteiger partial charge in [-0.05, 0) is 54.8 Å². The number of benzene rings is 2. The Bertz CT molecular complexity index is 906. The van der Waals surface area contributed by atoms with E-state index >= 15 is 0 Å². The molecule has 0 radical (unpaired) electrons. The summed E-state index contributed by atoms with van der Waals surface area (Å²) in [7, 11) is 0. The van der Waals surface area contributed by atoms with Gasteiger partial charge in [0.15, 0.2) is 0 Å². The SMILES string of the molecule is CC(NC1CCC(=O)NC1c1ccc(F)cc1)c1cc(C(F)(F)F)cc(C(F)(F)F)c1. The normalized spacial score (nSPS) is 21.0. The van der Waals surface area contributed by atoms with Crippen LogP contribution in [0.5, 0.6) is 0 Å². The molecule has 3 nitrogen and oxygen atoms in total. The van der Waals surface area contributed by atoms with Gasteiger partial charge in [-0.2, -0.15) is 26.3 Å². The predicted octanol–water partition coefficient (Wildman–Crippen LogP) is 5.53. The van der Waals surface area contributed by atoms with Crippen LogP contribution in [0.3, 0.4) is 0 Å². The zero-order chi connectivity index (χ0) is 23.0. The number of rotatable bonds is 4. The van der Waals surface area contributed by atoms with E-state index in [1.54, 1.807) is 0 Å². The first-order valence-electron chi connectivity index (χ1n) is 9.45. The smallest absolute Gasteiger partial charge is 0.348 e. The zero-order valence-electron chi connectivity index (χ0n) is 16.2. The number of hydrogen-bond donors (Lipinski definition) is 2. The second-order valence-corrected chi connectivity index (χ2v) is 7.47. The quantitative estimate of drug-likeness (QED) is 0.604. The van der Waals surface area contributed by atoms with Crippen molar-refractivity contribution in [3.8, 4) is 0 Å². The number of alkyl halides is 6. The molecular formula is C21H19F7N2O. The van der Waals surface area contributed by atoms with Crippen molar-refractivity contribution in [3.05, 3.63) is 70.5 Å². The molecule has 2 aromatic carbocycles. The van der Waals surface area contributed by atoms with Crippen molar-refractivity contribution >= 4 is 5.91 Å². The Morgan fingerprint density at radius 3 is 2.03 bits per heavy atom. The van der Waals surface area contributed by atoms with Gasteiger partial charge in [0.1, 0.15) is 5.82 Å². The molecule has 0 spiro atoms. The van der Waals surface area contributed by atoms with E-state index in [9.17, 15) is 35.5 Å². The number of piperidine rings is 1. The third-order valence-corrected chi connectivity index (χ3v) is 5.20. The lowest BCUT2D eigenvalue weighted by atomic mass is 9.90. The van der Waals surface area contributed by atoms with Crippen LogP contribution in [0.15, 0.2) is 42.5 Å². The van der Waals surface area contributed by atoms with Crippen LogP contribution in [0, 0.1) is 5.82 Å². The van der Waals surface area contributed by atoms with Gasteiger partial charge in [0, 0.05) is 18.5 Å². The number of hydrogen-bond acceptors (Lipinski definition) is 2. The molecule has 3 unspecified atom stereocenters. The second-order valence-electron chi connectivity index (χ2n) is 7.47. The average Bonchev–Trinajstić information content (AvgIpc) is 2.68. The van der Waals surface area contributed by atoms with Crippen molar-refractivity contribution in [3.63, 3.8) is 0 Å². The fourth-order valence-corrected chi connectivity index (χ4v) is 3.61. The number of nitrogens with one attached hydrogen (secondary N) is 2. The topological polar surface area (TPSA) is 41.1 Å². The fourth-order valence-electron chi connectivity index (χ4n) is 3.61. The van der Waals surface area contributed by atoms with Gasteiger partial charge in [0.05, 0.1) is 17.2 Å². The third-order valence-electron chi connectivity index (χ3n) is 5.20. The van der Waals surface area contributed by atoms with Crippen LogP contribution in [-0.4, -0.2) is 11.9 Å². The molecular weight excluding hydrogens is 429 g/mol. The average molecular weight is 448 g/mol. The van der Waals surface area contributed by atoms with E-state index in [0.29, 0.717) is 24.1 Å². The molecule has 0 aromatic heterocycles. The van der Waals surface area contributed by atoms with E-state index < -0.39 is 47.4 Å². The molecule has 1 saturated heterocycles. The highest BCUT2D eigenvalue weighted by Crippen LogP contribution is 2.38. The van der Waals surface area contributed by atoms with E-state index in [0.717, 1.165) is 0 Å². The summed E-state index contributed by atoms with van der Waals surface area (Å²) in [5, 5.41) is 5.78. The van der Waals surface area contributed by atoms with E-state index in [4.69, 9.17) is 0 Å². The minimum atomic E-state index is -4.94. The van der Waals surface area contributed by atoms with Crippen molar-refractivity contribution in [1.29, 1.82) is 0 Å². The molecule has 168 valence electrons. The highest BCUT2D eigenvalue weighted by atomic mass is 19.4. The van der Waals surface area contributed by atoms with Crippen molar-refractivity contribution in [2.45, 2.75) is 50.2 Å². The molecule has 1 aliphatic heterocycles. The van der Waals surface area contributed by atoms with E-state index in [1.807, 2.05) is 0 Å². The van der Waals surface area contributed by atoms with Gasteiger partial charge in [-0.15, -0.1) is 0 Å². The summed E-state index contributed by atoms with van der Waals surface area (Å²) < 4.78 is 92.1. The molecule has 1 fully saturated rings. The maximum absolute atomic E-state index is 13.2. The van der Waals surface area contributed by atoms with Crippen LogP contribution < -0.4 is 10.6 Å². The Balaban J connectivity index is 1.90. The molecule has 1 heterocycles. The van der Waals surface area contributed by atoms with E-state index in [2.05, 4.69) is 10.6 Å². The summed E-state index contributed by atoms with van der Waals surface area (Å²) in [5.41, 5.74) is -2.40. The maximum atomic E-state index is 13.2. The molecule has 1 amide bonds. The molecule has 1 aliphatic rings. The van der Waals surface area contributed by atoms with Gasteiger partial charge in [-0.3, -0.25) is 4.79 Å². The monoisotopic (exact) mass is 448 g/mol. The predicted molar refractivity (Wildman–Crippen MR) is 98.3 cm³/mol. The van der Waals surface area contributed by atoms with Crippen molar-refractivity contribution in [2.75, 3.05) is 0 Å². The first kappa shape index (κ1) is 23.1. The van der Waals surface area contributed by atoms with Gasteiger partial charge in [-0.25, -0.2) is 4.39 Å². The standard InChI is InChI=1S/C21H19F7N2O/c1-11(13-8-14(20(23,24)25)10-15(9-13)21(26,27)28)29-17-6-7-18(31)30-19(17)12-2-4-16(22)5-3-12/h2-5,8-11,17,19,29H,6-7H2,1H3,(H,30,31). The first-order valence-corrected chi connectivity index (χ1v) is 9.45. The van der Waals surface area contributed by atoms with Gasteiger partial charge in [0.2, 0.25) is 5.91 Å². The van der Waals surface area contributed by atoms with Gasteiger partial charge in [-0.1, -0.05) is 12.1 Å². The molecule has 0 aliphatic carbocycles. The van der Waals surface area contributed by atoms with Gasteiger partial charge < -0.3 is 10.6 Å². The molecule has 2 N–H and O–H groups in total. The Morgan fingerprint density at radius 1 is 0.968 bits per heavy atom. The number of halogens is 7. The van der Waals surface area contributed by atoms with Crippen molar-refractivity contribution in [2.24, 2.45) is 0 Å². The van der Waals surface area contributed by atoms with Crippen molar-refractivity contribution in [1.82, 2.24) is 10.6 Å². The molecule has 0 bridgehead atoms. The largest absolute Gasteiger partial charge is 0.416 e. The fraction of sp³-hybridized carbons (Fsp3) is 0.381. The first-order chi connectivity index (χ1) is 14.3. The maximum Gasteiger partial charge on any atom is 0.416 e. The van der Waals surface area contributed by atoms with Crippen LogP contribution in [-0.2, 0) is 17.1 Å². The molecule has 3 rings (SSSR count). The number of carbonyl (C=O) groups is 1. The van der Waals surface area contributed by atoms with Gasteiger partial charge in [0.25, 0.3) is 0 Å². The Morgan fingerprint density at radius 2 is 1.52 bits per heavy atom. The Hall–Kier alpha value is -2.62. The van der Waals surface area contributed by atoms with Gasteiger partial charge >= 0.3 is 12.4 Å². The third kappa shape index (κ3) is 5.55. The lowest BCUT2D eigenvalue weighted by Crippen LogP contribution is -2.49. The Kier molecular flexibility index (Phi) is 6.31. The highest BCUT2D eigenvalue weighted by molar-refractivity contribution is 5.77. The lowest BCUT2D eigenvalue weighted by Gasteiger charge is -2.35. The van der Waals surface area contributed by atoms with Crippen LogP contribution >= 0.6 is 0 Å². The summed E-state index contributed by atoms with van der Waals surface area (Å²) in [4.78, 5) is 11.9. The van der Waals surface area contributed by atoms with Crippen molar-refractivity contribution < 1.29 is 35.5 Å². The number of amides is 1. The van der Waals surface area contributed by atoms with Crippen LogP contribution in [0.2, 0.25) is 0 Å². The summed E-state index contributed by atoms with van der Waals surface area (Å²) >= 11 is 0. The molecule has 0 saturated carbocycles. The minimum absolute atomic E-state index is 0.0817. The molecule has 10 heteroatoms. The minimum Gasteiger partial charge on any atom is -0.348 e. The summed E-state index contributed by atoms with van der Waals surface area (Å²) in [5.74, 6) is -0.731. The summed E-state index contributed by atoms with van der Waals surface area (Å²) in [6, 6.07) is 4.82. The van der Waals surface area contributed by atoms with Crippen LogP contribution in [0.25, 0.3) is 0 Å². The molecule has 3 atom stereocenters. The summed E-state index contributed by atoms with van der Waals surface area (Å²) in [6.07, 6.45) is -9.43. The second kappa shape index (κ2) is 8.49. The van der Waals surface area contributed by atoms with Crippen LogP contribution in [0.4, 0.5) is 30.7 Å². The van der Waals surface area contributed by atoms with E-state index in [-0.39, 0.29) is 24.0 Å². The van der Waals surface area contributed by atoms with Crippen LogP contribution in [0.1, 0.15) is 54.1 Å². The highest BCUT2D eigenvalue weighted by Gasteiger charge is 2.38. The summed E-state index contributed by atoms with van der Waals surface area (Å²) in [6.45, 7) is 1.45. The number of carbonyl (C=O) groups excluding carboxylic acids is 1.